The van der Waals surface area contributed by atoms with Crippen LogP contribution in [0.25, 0.3) is 0 Å². The van der Waals surface area contributed by atoms with Gasteiger partial charge in [-0.2, -0.15) is 0 Å². The molecule has 0 aliphatic heterocycles. The van der Waals surface area contributed by atoms with Crippen molar-refractivity contribution in [2.75, 3.05) is 0 Å². The zero-order chi connectivity index (χ0) is 13.9. The molecule has 4 nitrogen and oxygen atoms in total. The predicted molar refractivity (Wildman–Crippen MR) is 70.4 cm³/mol. The van der Waals surface area contributed by atoms with Crippen LogP contribution in [0.2, 0.25) is 0 Å². The van der Waals surface area contributed by atoms with Crippen LogP contribution in [-0.4, -0.2) is 16.2 Å². The van der Waals surface area contributed by atoms with Crippen LogP contribution in [-0.2, 0) is 11.2 Å². The average molecular weight is 251 g/mol. The van der Waals surface area contributed by atoms with Gasteiger partial charge in [0.2, 0.25) is 0 Å². The maximum absolute atomic E-state index is 10.6. The van der Waals surface area contributed by atoms with Crippen LogP contribution >= 0.6 is 0 Å². The normalized spacial score (nSPS) is 13.3. The van der Waals surface area contributed by atoms with Gasteiger partial charge in [-0.15, -0.1) is 0 Å². The summed E-state index contributed by atoms with van der Waals surface area (Å²) in [6.45, 7) is 6.37. The number of hydrogen-bond acceptors (Lipinski definition) is 3. The van der Waals surface area contributed by atoms with Gasteiger partial charge in [-0.25, -0.2) is 0 Å². The monoisotopic (exact) mass is 251 g/mol. The van der Waals surface area contributed by atoms with E-state index in [4.69, 9.17) is 10.8 Å². The molecule has 18 heavy (non-hydrogen) atoms. The summed E-state index contributed by atoms with van der Waals surface area (Å²) < 4.78 is 0. The van der Waals surface area contributed by atoms with Crippen molar-refractivity contribution < 1.29 is 15.0 Å². The molecule has 1 atom stereocenters. The van der Waals surface area contributed by atoms with Crippen LogP contribution in [0, 0.1) is 5.41 Å². The van der Waals surface area contributed by atoms with Crippen molar-refractivity contribution in [1.82, 2.24) is 0 Å². The Bertz CT molecular complexity index is 435. The molecule has 0 saturated carbocycles. The van der Waals surface area contributed by atoms with Crippen molar-refractivity contribution in [1.29, 1.82) is 0 Å². The fraction of sp³-hybridized carbons (Fsp3) is 0.500. The number of rotatable bonds is 4. The van der Waals surface area contributed by atoms with Crippen LogP contribution in [0.15, 0.2) is 18.2 Å². The van der Waals surface area contributed by atoms with Crippen molar-refractivity contribution in [3.8, 4) is 5.75 Å². The molecule has 1 unspecified atom stereocenters. The van der Waals surface area contributed by atoms with E-state index in [-0.39, 0.29) is 17.6 Å². The molecule has 0 fully saturated rings. The minimum atomic E-state index is -0.969. The lowest BCUT2D eigenvalue weighted by atomic mass is 9.87. The number of nitrogens with two attached hydrogens (primary N) is 1. The van der Waals surface area contributed by atoms with E-state index >= 15 is 0 Å². The van der Waals surface area contributed by atoms with E-state index in [0.717, 1.165) is 12.0 Å². The molecule has 4 N–H and O–H groups in total. The number of aliphatic carboxylic acids is 1. The fourth-order valence-electron chi connectivity index (χ4n) is 1.92. The van der Waals surface area contributed by atoms with Crippen molar-refractivity contribution in [2.45, 2.75) is 39.7 Å². The van der Waals surface area contributed by atoms with Crippen molar-refractivity contribution in [3.63, 3.8) is 0 Å². The standard InChI is InChI=1S/C14H21NO3/c1-14(2,3)8-9-4-5-12(16)10(6-9)11(15)7-13(17)18/h4-6,11,16H,7-8,15H2,1-3H3,(H,17,18). The Balaban J connectivity index is 2.97. The van der Waals surface area contributed by atoms with E-state index in [1.165, 1.54) is 0 Å². The van der Waals surface area contributed by atoms with Gasteiger partial charge in [0.15, 0.2) is 0 Å². The minimum absolute atomic E-state index is 0.0569. The first-order valence-electron chi connectivity index (χ1n) is 5.98. The Hall–Kier alpha value is -1.55. The first-order valence-corrected chi connectivity index (χ1v) is 5.98. The van der Waals surface area contributed by atoms with Gasteiger partial charge in [-0.05, 0) is 23.5 Å². The molecule has 4 heteroatoms. The highest BCUT2D eigenvalue weighted by atomic mass is 16.4. The van der Waals surface area contributed by atoms with Gasteiger partial charge in [0.1, 0.15) is 5.75 Å². The van der Waals surface area contributed by atoms with Gasteiger partial charge in [0.25, 0.3) is 0 Å². The summed E-state index contributed by atoms with van der Waals surface area (Å²) in [5.41, 5.74) is 7.47. The summed E-state index contributed by atoms with van der Waals surface area (Å²) in [7, 11) is 0. The molecule has 0 aliphatic carbocycles. The highest BCUT2D eigenvalue weighted by Crippen LogP contribution is 2.29. The van der Waals surface area contributed by atoms with Crippen LogP contribution < -0.4 is 5.73 Å². The second kappa shape index (κ2) is 5.40. The molecular formula is C14H21NO3. The molecule has 0 amide bonds. The topological polar surface area (TPSA) is 83.5 Å². The van der Waals surface area contributed by atoms with Crippen molar-refractivity contribution in [3.05, 3.63) is 29.3 Å². The molecule has 0 bridgehead atoms. The summed E-state index contributed by atoms with van der Waals surface area (Å²) in [6.07, 6.45) is 0.659. The van der Waals surface area contributed by atoms with E-state index < -0.39 is 12.0 Å². The van der Waals surface area contributed by atoms with Crippen molar-refractivity contribution in [2.24, 2.45) is 11.1 Å². The SMILES string of the molecule is CC(C)(C)Cc1ccc(O)c(C(N)CC(=O)O)c1. The number of benzene rings is 1. The average Bonchev–Trinajstić information content (AvgIpc) is 2.17. The van der Waals surface area contributed by atoms with E-state index in [0.29, 0.717) is 5.56 Å². The van der Waals surface area contributed by atoms with Crippen LogP contribution in [0.4, 0.5) is 0 Å². The lowest BCUT2D eigenvalue weighted by Gasteiger charge is -2.20. The third kappa shape index (κ3) is 4.37. The molecule has 0 aromatic heterocycles. The lowest BCUT2D eigenvalue weighted by molar-refractivity contribution is -0.137. The van der Waals surface area contributed by atoms with Gasteiger partial charge < -0.3 is 15.9 Å². The molecule has 1 aromatic rings. The highest BCUT2D eigenvalue weighted by molar-refractivity contribution is 5.68. The Morgan fingerprint density at radius 1 is 1.39 bits per heavy atom. The van der Waals surface area contributed by atoms with Crippen LogP contribution in [0.3, 0.4) is 0 Å². The first-order chi connectivity index (χ1) is 8.19. The summed E-state index contributed by atoms with van der Waals surface area (Å²) in [5, 5.41) is 18.5. The molecule has 0 radical (unpaired) electrons. The number of phenolic OH excluding ortho intramolecular Hbond substituents is 1. The van der Waals surface area contributed by atoms with Crippen LogP contribution in [0.5, 0.6) is 5.75 Å². The largest absolute Gasteiger partial charge is 0.508 e. The van der Waals surface area contributed by atoms with E-state index in [2.05, 4.69) is 20.8 Å². The second-order valence-corrected chi connectivity index (χ2v) is 5.83. The third-order valence-electron chi connectivity index (χ3n) is 2.62. The van der Waals surface area contributed by atoms with Crippen molar-refractivity contribution >= 4 is 5.97 Å². The molecule has 0 spiro atoms. The van der Waals surface area contributed by atoms with Crippen LogP contribution in [0.1, 0.15) is 44.4 Å². The van der Waals surface area contributed by atoms with E-state index in [1.54, 1.807) is 12.1 Å². The fourth-order valence-corrected chi connectivity index (χ4v) is 1.92. The second-order valence-electron chi connectivity index (χ2n) is 5.83. The molecular weight excluding hydrogens is 230 g/mol. The third-order valence-corrected chi connectivity index (χ3v) is 2.62. The summed E-state index contributed by atoms with van der Waals surface area (Å²) >= 11 is 0. The van der Waals surface area contributed by atoms with Gasteiger partial charge in [0.05, 0.1) is 6.42 Å². The van der Waals surface area contributed by atoms with E-state index in [9.17, 15) is 9.90 Å². The van der Waals surface area contributed by atoms with Gasteiger partial charge in [-0.1, -0.05) is 32.9 Å². The van der Waals surface area contributed by atoms with Gasteiger partial charge >= 0.3 is 5.97 Å². The molecule has 100 valence electrons. The summed E-state index contributed by atoms with van der Waals surface area (Å²) in [4.78, 5) is 10.6. The van der Waals surface area contributed by atoms with Gasteiger partial charge in [0, 0.05) is 11.6 Å². The number of aromatic hydroxyl groups is 1. The Morgan fingerprint density at radius 2 is 2.00 bits per heavy atom. The Morgan fingerprint density at radius 3 is 2.50 bits per heavy atom. The number of carbonyl (C=O) groups is 1. The number of hydrogen-bond donors (Lipinski definition) is 3. The molecule has 1 aromatic carbocycles. The minimum Gasteiger partial charge on any atom is -0.508 e. The molecule has 0 saturated heterocycles. The number of carboxylic acid groups (broad SMARTS) is 1. The number of phenols is 1. The molecule has 0 aliphatic rings. The smallest absolute Gasteiger partial charge is 0.305 e. The summed E-state index contributed by atoms with van der Waals surface area (Å²) in [6, 6.07) is 4.55. The number of carboxylic acids is 1. The lowest BCUT2D eigenvalue weighted by Crippen LogP contribution is -2.16. The van der Waals surface area contributed by atoms with E-state index in [1.807, 2.05) is 6.07 Å². The predicted octanol–water partition coefficient (Wildman–Crippen LogP) is 2.46. The Labute approximate surface area is 107 Å². The first kappa shape index (κ1) is 14.5. The molecule has 1 rings (SSSR count). The Kier molecular flexibility index (Phi) is 4.35. The quantitative estimate of drug-likeness (QED) is 0.767. The maximum Gasteiger partial charge on any atom is 0.305 e. The summed E-state index contributed by atoms with van der Waals surface area (Å²) in [5.74, 6) is -0.912. The highest BCUT2D eigenvalue weighted by Gasteiger charge is 2.17. The zero-order valence-corrected chi connectivity index (χ0v) is 11.1. The van der Waals surface area contributed by atoms with Gasteiger partial charge in [-0.3, -0.25) is 4.79 Å². The zero-order valence-electron chi connectivity index (χ0n) is 11.1. The molecule has 0 heterocycles. The maximum atomic E-state index is 10.6.